The van der Waals surface area contributed by atoms with Crippen molar-refractivity contribution in [3.05, 3.63) is 0 Å². The molecule has 1 heterocycles. The number of hydrogen-bond donors (Lipinski definition) is 1. The van der Waals surface area contributed by atoms with E-state index in [2.05, 4.69) is 10.4 Å². The van der Waals surface area contributed by atoms with E-state index in [-0.39, 0.29) is 0 Å². The quantitative estimate of drug-likeness (QED) is 0.689. The van der Waals surface area contributed by atoms with Gasteiger partial charge in [-0.05, 0) is 18.8 Å². The van der Waals surface area contributed by atoms with Crippen LogP contribution in [0.25, 0.3) is 0 Å². The van der Waals surface area contributed by atoms with E-state index in [0.717, 1.165) is 38.8 Å². The highest BCUT2D eigenvalue weighted by atomic mass is 16.5. The minimum absolute atomic E-state index is 0.512. The van der Waals surface area contributed by atoms with Gasteiger partial charge in [0.1, 0.15) is 0 Å². The molecule has 0 aromatic carbocycles. The summed E-state index contributed by atoms with van der Waals surface area (Å²) in [5, 5.41) is 2.27. The predicted octanol–water partition coefficient (Wildman–Crippen LogP) is 0.248. The Kier molecular flexibility index (Phi) is 3.75. The van der Waals surface area contributed by atoms with Crippen LogP contribution in [-0.4, -0.2) is 51.1 Å². The zero-order valence-corrected chi connectivity index (χ0v) is 8.87. The van der Waals surface area contributed by atoms with Gasteiger partial charge in [0.25, 0.3) is 0 Å². The van der Waals surface area contributed by atoms with E-state index in [0.29, 0.717) is 6.04 Å². The minimum Gasteiger partial charge on any atom is -0.383 e. The maximum Gasteiger partial charge on any atom is 0.0632 e. The Morgan fingerprint density at radius 2 is 2.14 bits per heavy atom. The second-order valence-electron chi connectivity index (χ2n) is 4.13. The van der Waals surface area contributed by atoms with Crippen LogP contribution in [0.3, 0.4) is 0 Å². The van der Waals surface area contributed by atoms with Crippen molar-refractivity contribution in [1.29, 1.82) is 0 Å². The lowest BCUT2D eigenvalue weighted by Gasteiger charge is -2.31. The first-order valence-corrected chi connectivity index (χ1v) is 5.48. The van der Waals surface area contributed by atoms with Crippen LogP contribution < -0.4 is 5.43 Å². The van der Waals surface area contributed by atoms with Crippen molar-refractivity contribution < 1.29 is 9.47 Å². The van der Waals surface area contributed by atoms with Gasteiger partial charge < -0.3 is 9.47 Å². The lowest BCUT2D eigenvalue weighted by Crippen LogP contribution is -2.52. The molecule has 0 aromatic rings. The summed E-state index contributed by atoms with van der Waals surface area (Å²) in [6.07, 6.45) is 2.71. The second kappa shape index (κ2) is 5.07. The SMILES string of the molecule is COCC(NN1CCOCC1)C1CC1. The fourth-order valence-electron chi connectivity index (χ4n) is 1.88. The van der Waals surface area contributed by atoms with Gasteiger partial charge in [0.15, 0.2) is 0 Å². The molecule has 82 valence electrons. The molecule has 0 bridgehead atoms. The lowest BCUT2D eigenvalue weighted by molar-refractivity contribution is -0.00727. The average Bonchev–Trinajstić information content (AvgIpc) is 3.02. The first-order valence-electron chi connectivity index (χ1n) is 5.48. The topological polar surface area (TPSA) is 33.7 Å². The normalized spacial score (nSPS) is 26.4. The van der Waals surface area contributed by atoms with Crippen LogP contribution in [0.15, 0.2) is 0 Å². The number of methoxy groups -OCH3 is 1. The van der Waals surface area contributed by atoms with E-state index in [1.54, 1.807) is 7.11 Å². The highest BCUT2D eigenvalue weighted by Crippen LogP contribution is 2.32. The van der Waals surface area contributed by atoms with E-state index in [1.165, 1.54) is 12.8 Å². The van der Waals surface area contributed by atoms with Crippen molar-refractivity contribution in [2.75, 3.05) is 40.0 Å². The number of ether oxygens (including phenoxy) is 2. The molecule has 2 aliphatic rings. The fraction of sp³-hybridized carbons (Fsp3) is 1.00. The molecule has 2 rings (SSSR count). The Hall–Kier alpha value is -0.160. The molecule has 0 amide bonds. The van der Waals surface area contributed by atoms with E-state index in [9.17, 15) is 0 Å². The van der Waals surface area contributed by atoms with Crippen LogP contribution in [0.1, 0.15) is 12.8 Å². The number of nitrogens with zero attached hydrogens (tertiary/aromatic N) is 1. The first kappa shape index (κ1) is 10.4. The molecule has 2 fully saturated rings. The lowest BCUT2D eigenvalue weighted by atomic mass is 10.2. The molecule has 1 atom stereocenters. The van der Waals surface area contributed by atoms with E-state index >= 15 is 0 Å². The van der Waals surface area contributed by atoms with E-state index in [4.69, 9.17) is 9.47 Å². The third-order valence-corrected chi connectivity index (χ3v) is 2.90. The zero-order chi connectivity index (χ0) is 9.80. The number of morpholine rings is 1. The van der Waals surface area contributed by atoms with Gasteiger partial charge in [-0.2, -0.15) is 0 Å². The summed E-state index contributed by atoms with van der Waals surface area (Å²) in [7, 11) is 1.77. The maximum absolute atomic E-state index is 5.30. The molecule has 14 heavy (non-hydrogen) atoms. The second-order valence-corrected chi connectivity index (χ2v) is 4.13. The molecule has 1 N–H and O–H groups in total. The Bertz CT molecular complexity index is 168. The van der Waals surface area contributed by atoms with Gasteiger partial charge in [0.05, 0.1) is 19.8 Å². The largest absolute Gasteiger partial charge is 0.383 e. The maximum atomic E-state index is 5.30. The summed E-state index contributed by atoms with van der Waals surface area (Å²) in [6.45, 7) is 4.50. The van der Waals surface area contributed by atoms with Crippen LogP contribution in [0.5, 0.6) is 0 Å². The van der Waals surface area contributed by atoms with Crippen molar-refractivity contribution in [3.8, 4) is 0 Å². The Morgan fingerprint density at radius 3 is 2.71 bits per heavy atom. The van der Waals surface area contributed by atoms with Crippen molar-refractivity contribution in [2.24, 2.45) is 5.92 Å². The van der Waals surface area contributed by atoms with Gasteiger partial charge in [0.2, 0.25) is 0 Å². The summed E-state index contributed by atoms with van der Waals surface area (Å²) >= 11 is 0. The van der Waals surface area contributed by atoms with Gasteiger partial charge in [0, 0.05) is 26.2 Å². The Balaban J connectivity index is 1.73. The average molecular weight is 200 g/mol. The summed E-state index contributed by atoms with van der Waals surface area (Å²) in [5.41, 5.74) is 3.55. The van der Waals surface area contributed by atoms with Crippen molar-refractivity contribution in [3.63, 3.8) is 0 Å². The molecular formula is C10H20N2O2. The number of nitrogens with one attached hydrogen (secondary N) is 1. The van der Waals surface area contributed by atoms with Crippen LogP contribution in [0.4, 0.5) is 0 Å². The smallest absolute Gasteiger partial charge is 0.0632 e. The standard InChI is InChI=1S/C10H20N2O2/c1-13-8-10(9-2-3-9)11-12-4-6-14-7-5-12/h9-11H,2-8H2,1H3. The van der Waals surface area contributed by atoms with E-state index < -0.39 is 0 Å². The molecular weight excluding hydrogens is 180 g/mol. The number of hydrazine groups is 1. The van der Waals surface area contributed by atoms with Gasteiger partial charge in [-0.1, -0.05) is 0 Å². The summed E-state index contributed by atoms with van der Waals surface area (Å²) < 4.78 is 10.5. The van der Waals surface area contributed by atoms with E-state index in [1.807, 2.05) is 0 Å². The van der Waals surface area contributed by atoms with Gasteiger partial charge in [-0.3, -0.25) is 0 Å². The molecule has 1 saturated heterocycles. The molecule has 0 radical (unpaired) electrons. The fourth-order valence-corrected chi connectivity index (χ4v) is 1.88. The first-order chi connectivity index (χ1) is 6.90. The minimum atomic E-state index is 0.512. The molecule has 1 aliphatic heterocycles. The summed E-state index contributed by atoms with van der Waals surface area (Å²) in [5.74, 6) is 0.831. The highest BCUT2D eigenvalue weighted by Gasteiger charge is 2.32. The Labute approximate surface area is 85.5 Å². The number of rotatable bonds is 5. The molecule has 4 heteroatoms. The van der Waals surface area contributed by atoms with Crippen molar-refractivity contribution in [2.45, 2.75) is 18.9 Å². The molecule has 1 aliphatic carbocycles. The van der Waals surface area contributed by atoms with Crippen LogP contribution in [-0.2, 0) is 9.47 Å². The predicted molar refractivity (Wildman–Crippen MR) is 53.9 cm³/mol. The monoisotopic (exact) mass is 200 g/mol. The van der Waals surface area contributed by atoms with Gasteiger partial charge in [-0.25, -0.2) is 10.4 Å². The van der Waals surface area contributed by atoms with Gasteiger partial charge in [-0.15, -0.1) is 0 Å². The summed E-state index contributed by atoms with van der Waals surface area (Å²) in [4.78, 5) is 0. The van der Waals surface area contributed by atoms with Gasteiger partial charge >= 0.3 is 0 Å². The Morgan fingerprint density at radius 1 is 1.43 bits per heavy atom. The molecule has 0 spiro atoms. The molecule has 1 saturated carbocycles. The summed E-state index contributed by atoms with van der Waals surface area (Å²) in [6, 6.07) is 0.512. The third-order valence-electron chi connectivity index (χ3n) is 2.90. The zero-order valence-electron chi connectivity index (χ0n) is 8.87. The third kappa shape index (κ3) is 2.92. The van der Waals surface area contributed by atoms with Crippen LogP contribution >= 0.6 is 0 Å². The van der Waals surface area contributed by atoms with Crippen LogP contribution in [0.2, 0.25) is 0 Å². The van der Waals surface area contributed by atoms with Crippen LogP contribution in [0, 0.1) is 5.92 Å². The van der Waals surface area contributed by atoms with Crippen molar-refractivity contribution in [1.82, 2.24) is 10.4 Å². The molecule has 1 unspecified atom stereocenters. The van der Waals surface area contributed by atoms with Crippen molar-refractivity contribution >= 4 is 0 Å². The molecule has 4 nitrogen and oxygen atoms in total. The number of hydrogen-bond acceptors (Lipinski definition) is 4. The highest BCUT2D eigenvalue weighted by molar-refractivity contribution is 4.85. The molecule has 0 aromatic heterocycles.